The number of nitrogens with one attached hydrogen (secondary N) is 2. The molecular formula is C14H26N4O8. The van der Waals surface area contributed by atoms with Crippen LogP contribution in [0.25, 0.3) is 0 Å². The van der Waals surface area contributed by atoms with E-state index in [-0.39, 0.29) is 25.7 Å². The molecule has 0 fully saturated rings. The maximum absolute atomic E-state index is 11.2. The smallest absolute Gasteiger partial charge is 0.357 e. The van der Waals surface area contributed by atoms with Crippen LogP contribution in [0.2, 0.25) is 0 Å². The molecule has 0 aliphatic rings. The quantitative estimate of drug-likeness (QED) is 0.120. The van der Waals surface area contributed by atoms with Gasteiger partial charge in [-0.3, -0.25) is 9.59 Å². The Bertz CT molecular complexity index is 483. The van der Waals surface area contributed by atoms with Gasteiger partial charge in [0.2, 0.25) is 23.3 Å². The molecule has 0 aliphatic carbocycles. The van der Waals surface area contributed by atoms with Crippen molar-refractivity contribution in [2.45, 2.75) is 50.0 Å². The van der Waals surface area contributed by atoms with Gasteiger partial charge in [0.1, 0.15) is 0 Å². The third-order valence-electron chi connectivity index (χ3n) is 3.60. The van der Waals surface area contributed by atoms with Gasteiger partial charge in [0.25, 0.3) is 0 Å². The number of aliphatic hydroxyl groups is 2. The van der Waals surface area contributed by atoms with Crippen LogP contribution in [0.15, 0.2) is 0 Å². The van der Waals surface area contributed by atoms with Gasteiger partial charge in [0.05, 0.1) is 13.1 Å². The van der Waals surface area contributed by atoms with Gasteiger partial charge < -0.3 is 42.5 Å². The summed E-state index contributed by atoms with van der Waals surface area (Å²) >= 11 is 0. The predicted molar refractivity (Wildman–Crippen MR) is 87.3 cm³/mol. The largest absolute Gasteiger partial charge is 0.478 e. The summed E-state index contributed by atoms with van der Waals surface area (Å²) < 4.78 is 0. The second-order valence-electron chi connectivity index (χ2n) is 5.75. The van der Waals surface area contributed by atoms with Crippen molar-refractivity contribution in [3.05, 3.63) is 0 Å². The molecule has 0 saturated heterocycles. The zero-order chi connectivity index (χ0) is 20.4. The average molecular weight is 378 g/mol. The summed E-state index contributed by atoms with van der Waals surface area (Å²) in [6, 6.07) is 0. The first-order valence-corrected chi connectivity index (χ1v) is 7.94. The number of hydrogen-bond donors (Lipinski definition) is 8. The Hall–Kier alpha value is -2.28. The lowest BCUT2D eigenvalue weighted by molar-refractivity contribution is -0.166. The number of unbranched alkanes of at least 4 members (excludes halogenated alkanes) is 3. The molecule has 0 saturated carbocycles. The lowest BCUT2D eigenvalue weighted by Crippen LogP contribution is -2.56. The first-order chi connectivity index (χ1) is 12.0. The van der Waals surface area contributed by atoms with Gasteiger partial charge in [-0.25, -0.2) is 9.59 Å². The average Bonchev–Trinajstić information content (AvgIpc) is 2.57. The molecule has 0 radical (unpaired) electrons. The van der Waals surface area contributed by atoms with E-state index in [4.69, 9.17) is 21.7 Å². The molecule has 0 aromatic carbocycles. The van der Waals surface area contributed by atoms with Crippen molar-refractivity contribution < 1.29 is 39.6 Å². The number of aliphatic carboxylic acids is 2. The molecule has 0 spiro atoms. The Morgan fingerprint density at radius 3 is 1.23 bits per heavy atom. The van der Waals surface area contributed by atoms with Crippen molar-refractivity contribution in [1.29, 1.82) is 0 Å². The minimum absolute atomic E-state index is 0.203. The van der Waals surface area contributed by atoms with E-state index in [1.54, 1.807) is 0 Å². The highest BCUT2D eigenvalue weighted by atomic mass is 16.4. The van der Waals surface area contributed by atoms with Crippen molar-refractivity contribution >= 4 is 23.8 Å². The van der Waals surface area contributed by atoms with Crippen molar-refractivity contribution in [3.63, 3.8) is 0 Å². The summed E-state index contributed by atoms with van der Waals surface area (Å²) in [6.45, 7) is -0.949. The summed E-state index contributed by atoms with van der Waals surface area (Å²) in [5.74, 6) is -4.89. The number of carboxylic acids is 2. The molecule has 0 aromatic heterocycles. The molecule has 12 heteroatoms. The van der Waals surface area contributed by atoms with Gasteiger partial charge in [-0.2, -0.15) is 0 Å². The molecule has 2 atom stereocenters. The zero-order valence-electron chi connectivity index (χ0n) is 14.2. The van der Waals surface area contributed by atoms with Gasteiger partial charge in [0, 0.05) is 12.8 Å². The summed E-state index contributed by atoms with van der Waals surface area (Å²) in [6.07, 6.45) is 0.619. The lowest BCUT2D eigenvalue weighted by Gasteiger charge is -2.25. The van der Waals surface area contributed by atoms with E-state index in [1.807, 2.05) is 10.6 Å². The molecule has 12 nitrogen and oxygen atoms in total. The van der Waals surface area contributed by atoms with Crippen LogP contribution in [0.3, 0.4) is 0 Å². The number of hydrogen-bond acceptors (Lipinski definition) is 8. The highest BCUT2D eigenvalue weighted by Gasteiger charge is 2.38. The third-order valence-corrected chi connectivity index (χ3v) is 3.60. The van der Waals surface area contributed by atoms with Crippen molar-refractivity contribution in [2.24, 2.45) is 11.5 Å². The van der Waals surface area contributed by atoms with Crippen LogP contribution in [0, 0.1) is 0 Å². The molecule has 2 amide bonds. The van der Waals surface area contributed by atoms with E-state index in [0.717, 1.165) is 0 Å². The van der Waals surface area contributed by atoms with Gasteiger partial charge in [-0.1, -0.05) is 12.8 Å². The van der Waals surface area contributed by atoms with E-state index in [9.17, 15) is 29.4 Å². The fraction of sp³-hybridized carbons (Fsp3) is 0.714. The van der Waals surface area contributed by atoms with Crippen LogP contribution in [0.5, 0.6) is 0 Å². The second-order valence-corrected chi connectivity index (χ2v) is 5.75. The fourth-order valence-electron chi connectivity index (χ4n) is 2.12. The molecule has 10 N–H and O–H groups in total. The molecule has 0 aromatic rings. The van der Waals surface area contributed by atoms with Crippen molar-refractivity contribution in [1.82, 2.24) is 10.6 Å². The standard InChI is InChI=1S/C14H26N4O8/c15-7-9(19)17-13(25,11(21)22)5-3-1-2-4-6-14(26,12(23)24)18-10(20)8-16/h25-26H,1-8,15-16H2,(H,17,19)(H,18,20)(H,21,22)(H,23,24). The van der Waals surface area contributed by atoms with E-state index in [0.29, 0.717) is 12.8 Å². The SMILES string of the molecule is NCC(=O)NC(O)(CCCCCCC(O)(NC(=O)CN)C(=O)O)C(=O)O. The molecular weight excluding hydrogens is 352 g/mol. The Morgan fingerprint density at radius 2 is 1.00 bits per heavy atom. The Balaban J connectivity index is 4.39. The molecule has 0 bridgehead atoms. The van der Waals surface area contributed by atoms with Gasteiger partial charge >= 0.3 is 11.9 Å². The number of amides is 2. The minimum Gasteiger partial charge on any atom is -0.478 e. The van der Waals surface area contributed by atoms with Gasteiger partial charge in [-0.05, 0) is 12.8 Å². The zero-order valence-corrected chi connectivity index (χ0v) is 14.2. The number of carbonyl (C=O) groups is 4. The van der Waals surface area contributed by atoms with Crippen LogP contribution >= 0.6 is 0 Å². The Labute approximate surface area is 149 Å². The van der Waals surface area contributed by atoms with E-state index >= 15 is 0 Å². The van der Waals surface area contributed by atoms with E-state index < -0.39 is 48.3 Å². The highest BCUT2D eigenvalue weighted by molar-refractivity contribution is 5.86. The summed E-state index contributed by atoms with van der Waals surface area (Å²) in [5, 5.41) is 41.7. The normalized spacial score (nSPS) is 15.4. The Morgan fingerprint density at radius 1 is 0.692 bits per heavy atom. The lowest BCUT2D eigenvalue weighted by atomic mass is 10.0. The molecule has 2 unspecified atom stereocenters. The molecule has 0 rings (SSSR count). The molecule has 0 aliphatic heterocycles. The fourth-order valence-corrected chi connectivity index (χ4v) is 2.12. The van der Waals surface area contributed by atoms with Crippen LogP contribution in [-0.2, 0) is 19.2 Å². The van der Waals surface area contributed by atoms with Crippen LogP contribution < -0.4 is 22.1 Å². The summed E-state index contributed by atoms with van der Waals surface area (Å²) in [7, 11) is 0. The van der Waals surface area contributed by atoms with Gasteiger partial charge in [-0.15, -0.1) is 0 Å². The van der Waals surface area contributed by atoms with Gasteiger partial charge in [0.15, 0.2) is 0 Å². The molecule has 0 heterocycles. The predicted octanol–water partition coefficient (Wildman–Crippen LogP) is -2.98. The first kappa shape index (κ1) is 23.7. The third kappa shape index (κ3) is 7.74. The van der Waals surface area contributed by atoms with E-state index in [1.165, 1.54) is 0 Å². The first-order valence-electron chi connectivity index (χ1n) is 7.94. The highest BCUT2D eigenvalue weighted by Crippen LogP contribution is 2.17. The second kappa shape index (κ2) is 10.7. The molecule has 26 heavy (non-hydrogen) atoms. The monoisotopic (exact) mass is 378 g/mol. The number of carboxylic acid groups (broad SMARTS) is 2. The maximum Gasteiger partial charge on any atom is 0.357 e. The topological polar surface area (TPSA) is 225 Å². The molecule has 150 valence electrons. The minimum atomic E-state index is -2.44. The number of carbonyl (C=O) groups excluding carboxylic acids is 2. The number of rotatable bonds is 13. The van der Waals surface area contributed by atoms with Crippen LogP contribution in [0.1, 0.15) is 38.5 Å². The van der Waals surface area contributed by atoms with Crippen LogP contribution in [0.4, 0.5) is 0 Å². The summed E-state index contributed by atoms with van der Waals surface area (Å²) in [5.41, 5.74) is 5.24. The maximum atomic E-state index is 11.2. The Kier molecular flexibility index (Phi) is 9.72. The van der Waals surface area contributed by atoms with E-state index in [2.05, 4.69) is 0 Å². The van der Waals surface area contributed by atoms with Crippen molar-refractivity contribution in [3.8, 4) is 0 Å². The summed E-state index contributed by atoms with van der Waals surface area (Å²) in [4.78, 5) is 44.5. The van der Waals surface area contributed by atoms with Crippen LogP contribution in [-0.4, -0.2) is 68.7 Å². The van der Waals surface area contributed by atoms with Crippen molar-refractivity contribution in [2.75, 3.05) is 13.1 Å². The number of nitrogens with two attached hydrogens (primary N) is 2.